The molecule has 9 nitrogen and oxygen atoms in total. The van der Waals surface area contributed by atoms with Gasteiger partial charge in [0.25, 0.3) is 10.0 Å². The third-order valence-electron chi connectivity index (χ3n) is 6.62. The van der Waals surface area contributed by atoms with Crippen molar-refractivity contribution in [1.29, 1.82) is 0 Å². The van der Waals surface area contributed by atoms with Crippen LogP contribution in [0.4, 0.5) is 29.1 Å². The van der Waals surface area contributed by atoms with Crippen molar-refractivity contribution < 1.29 is 35.9 Å². The molecule has 3 N–H and O–H groups in total. The average molecular weight is 671 g/mol. The quantitative estimate of drug-likeness (QED) is 0.274. The number of hydrogen-bond donors (Lipinski definition) is 3. The van der Waals surface area contributed by atoms with Gasteiger partial charge >= 0.3 is 12.1 Å². The monoisotopic (exact) mass is 669 g/mol. The van der Waals surface area contributed by atoms with Gasteiger partial charge in [-0.05, 0) is 36.4 Å². The zero-order valence-electron chi connectivity index (χ0n) is 21.9. The molecule has 42 heavy (non-hydrogen) atoms. The Bertz CT molecular complexity index is 1540. The van der Waals surface area contributed by atoms with Gasteiger partial charge in [-0.15, -0.1) is 11.3 Å². The number of thiazole rings is 1. The van der Waals surface area contributed by atoms with E-state index < -0.39 is 32.9 Å². The highest BCUT2D eigenvalue weighted by Crippen LogP contribution is 2.40. The summed E-state index contributed by atoms with van der Waals surface area (Å²) in [6, 6.07) is 7.97. The van der Waals surface area contributed by atoms with Crippen molar-refractivity contribution in [3.8, 4) is 0 Å². The Morgan fingerprint density at radius 3 is 2.40 bits per heavy atom. The van der Waals surface area contributed by atoms with Gasteiger partial charge in [-0.3, -0.25) is 9.62 Å². The molecular formula is C25H25Cl2F4N5O4S2. The molecule has 0 amide bonds. The molecule has 17 heteroatoms. The number of nitrogens with one attached hydrogen (secondary N) is 2. The average Bonchev–Trinajstić information content (AvgIpc) is 3.35. The van der Waals surface area contributed by atoms with Crippen molar-refractivity contribution in [3.63, 3.8) is 0 Å². The lowest BCUT2D eigenvalue weighted by Gasteiger charge is -2.59. The summed E-state index contributed by atoms with van der Waals surface area (Å²) in [5.74, 6) is -3.56. The predicted octanol–water partition coefficient (Wildman–Crippen LogP) is 5.38. The SMILES string of the molecule is CN1CC2(C1)CN(Cc1cccc(Cl)c1CNc1cc(F)c(S(=O)(=O)Nc3cscn3)cc1Cl)C2.O=C(O)C(F)(F)F. The second kappa shape index (κ2) is 12.5. The minimum Gasteiger partial charge on any atom is -0.475 e. The number of nitrogens with zero attached hydrogens (tertiary/aromatic N) is 3. The molecule has 1 aromatic heterocycles. The molecule has 0 radical (unpaired) electrons. The molecular weight excluding hydrogens is 645 g/mol. The summed E-state index contributed by atoms with van der Waals surface area (Å²) in [5.41, 5.74) is 4.19. The Balaban J connectivity index is 0.000000517. The highest BCUT2D eigenvalue weighted by atomic mass is 35.5. The minimum atomic E-state index is -5.08. The number of carboxylic acids is 1. The molecule has 2 aromatic carbocycles. The van der Waals surface area contributed by atoms with E-state index in [0.29, 0.717) is 17.0 Å². The fourth-order valence-electron chi connectivity index (χ4n) is 5.01. The van der Waals surface area contributed by atoms with E-state index in [2.05, 4.69) is 31.9 Å². The van der Waals surface area contributed by atoms with Crippen LogP contribution in [0.3, 0.4) is 0 Å². The first kappa shape index (κ1) is 32.2. The van der Waals surface area contributed by atoms with Crippen molar-refractivity contribution >= 4 is 62.0 Å². The first-order chi connectivity index (χ1) is 19.6. The van der Waals surface area contributed by atoms with Gasteiger partial charge in [-0.25, -0.2) is 22.6 Å². The zero-order valence-corrected chi connectivity index (χ0v) is 25.0. The predicted molar refractivity (Wildman–Crippen MR) is 152 cm³/mol. The molecule has 0 saturated carbocycles. The summed E-state index contributed by atoms with van der Waals surface area (Å²) in [6.07, 6.45) is -5.08. The summed E-state index contributed by atoms with van der Waals surface area (Å²) >= 11 is 14.1. The van der Waals surface area contributed by atoms with Crippen LogP contribution in [0.15, 0.2) is 46.1 Å². The molecule has 3 aromatic rings. The maximum Gasteiger partial charge on any atom is 0.490 e. The lowest BCUT2D eigenvalue weighted by molar-refractivity contribution is -0.192. The summed E-state index contributed by atoms with van der Waals surface area (Å²) in [5, 5.41) is 12.4. The largest absolute Gasteiger partial charge is 0.490 e. The number of rotatable bonds is 8. The van der Waals surface area contributed by atoms with Gasteiger partial charge in [0.1, 0.15) is 10.7 Å². The van der Waals surface area contributed by atoms with Crippen LogP contribution in [0.2, 0.25) is 10.0 Å². The first-order valence-electron chi connectivity index (χ1n) is 12.2. The molecule has 0 aliphatic carbocycles. The second-order valence-electron chi connectivity index (χ2n) is 10.1. The van der Waals surface area contributed by atoms with Crippen LogP contribution in [-0.4, -0.2) is 73.7 Å². The summed E-state index contributed by atoms with van der Waals surface area (Å²) in [7, 11) is -2.04. The van der Waals surface area contributed by atoms with E-state index in [1.165, 1.54) is 22.2 Å². The van der Waals surface area contributed by atoms with Crippen LogP contribution in [0.25, 0.3) is 0 Å². The Morgan fingerprint density at radius 1 is 1.17 bits per heavy atom. The van der Waals surface area contributed by atoms with Gasteiger partial charge in [0.2, 0.25) is 0 Å². The van der Waals surface area contributed by atoms with Crippen LogP contribution < -0.4 is 10.0 Å². The molecule has 2 aliphatic rings. The normalized spacial score (nSPS) is 16.6. The summed E-state index contributed by atoms with van der Waals surface area (Å²) in [6.45, 7) is 5.52. The lowest BCUT2D eigenvalue weighted by Crippen LogP contribution is -2.70. The van der Waals surface area contributed by atoms with Gasteiger partial charge in [-0.1, -0.05) is 35.3 Å². The number of aromatic nitrogens is 1. The molecule has 3 heterocycles. The molecule has 2 fully saturated rings. The van der Waals surface area contributed by atoms with Crippen LogP contribution in [0.5, 0.6) is 0 Å². The maximum atomic E-state index is 14.8. The van der Waals surface area contributed by atoms with Crippen molar-refractivity contribution in [2.45, 2.75) is 24.2 Å². The molecule has 2 aliphatic heterocycles. The van der Waals surface area contributed by atoms with Gasteiger partial charge in [-0.2, -0.15) is 13.2 Å². The number of alkyl halides is 3. The Hall–Kier alpha value is -2.69. The summed E-state index contributed by atoms with van der Waals surface area (Å²) < 4.78 is 74.0. The van der Waals surface area contributed by atoms with Gasteiger partial charge in [0.15, 0.2) is 5.82 Å². The topological polar surface area (TPSA) is 115 Å². The van der Waals surface area contributed by atoms with Crippen molar-refractivity contribution in [3.05, 3.63) is 68.2 Å². The molecule has 0 unspecified atom stereocenters. The number of aliphatic carboxylic acids is 1. The van der Waals surface area contributed by atoms with Gasteiger partial charge < -0.3 is 15.3 Å². The van der Waals surface area contributed by atoms with Crippen LogP contribution in [-0.2, 0) is 27.9 Å². The highest BCUT2D eigenvalue weighted by molar-refractivity contribution is 7.92. The van der Waals surface area contributed by atoms with Crippen molar-refractivity contribution in [1.82, 2.24) is 14.8 Å². The van der Waals surface area contributed by atoms with E-state index in [4.69, 9.17) is 33.1 Å². The lowest BCUT2D eigenvalue weighted by atomic mass is 9.73. The minimum absolute atomic E-state index is 0.0810. The first-order valence-corrected chi connectivity index (χ1v) is 15.4. The maximum absolute atomic E-state index is 14.8. The Kier molecular flexibility index (Phi) is 9.59. The standard InChI is InChI=1S/C23H24Cl2FN5O2S2.C2HF3O2/c1-30-10-23(11-30)12-31(13-23)8-15-3-2-4-17(24)16(15)7-27-20-6-19(26)21(5-18(20)25)35(32,33)29-22-9-34-14-28-22;3-2(4,5)1(6)7/h2-6,9,14,27,29H,7-8,10-13H2,1H3;(H,6,7). The third kappa shape index (κ3) is 7.63. The van der Waals surface area contributed by atoms with E-state index >= 15 is 0 Å². The number of hydrogen-bond acceptors (Lipinski definition) is 8. The van der Waals surface area contributed by atoms with E-state index in [1.807, 2.05) is 18.2 Å². The molecule has 2 saturated heterocycles. The van der Waals surface area contributed by atoms with Crippen LogP contribution in [0.1, 0.15) is 11.1 Å². The van der Waals surface area contributed by atoms with Crippen LogP contribution >= 0.6 is 34.5 Å². The van der Waals surface area contributed by atoms with Crippen molar-refractivity contribution in [2.24, 2.45) is 5.41 Å². The van der Waals surface area contributed by atoms with Crippen molar-refractivity contribution in [2.75, 3.05) is 43.3 Å². The fourth-order valence-corrected chi connectivity index (χ4v) is 7.21. The number of anilines is 2. The zero-order chi connectivity index (χ0) is 30.9. The molecule has 228 valence electrons. The number of halogens is 6. The number of carboxylic acid groups (broad SMARTS) is 1. The van der Waals surface area contributed by atoms with E-state index in [1.54, 1.807) is 0 Å². The van der Waals surface area contributed by atoms with Gasteiger partial charge in [0.05, 0.1) is 16.2 Å². The smallest absolute Gasteiger partial charge is 0.475 e. The van der Waals surface area contributed by atoms with E-state index in [-0.39, 0.29) is 16.5 Å². The molecule has 5 rings (SSSR count). The van der Waals surface area contributed by atoms with Crippen LogP contribution in [0, 0.1) is 11.2 Å². The van der Waals surface area contributed by atoms with Gasteiger partial charge in [0, 0.05) is 55.1 Å². The molecule has 0 bridgehead atoms. The molecule has 1 spiro atoms. The number of sulfonamides is 1. The third-order valence-corrected chi connectivity index (χ3v) is 9.24. The number of carbonyl (C=O) groups is 1. The Labute approximate surface area is 253 Å². The fraction of sp³-hybridized carbons (Fsp3) is 0.360. The van der Waals surface area contributed by atoms with E-state index in [0.717, 1.165) is 56.0 Å². The highest BCUT2D eigenvalue weighted by Gasteiger charge is 2.50. The number of likely N-dealkylation sites (tertiary alicyclic amines) is 2. The van der Waals surface area contributed by atoms with E-state index in [9.17, 15) is 26.0 Å². The molecule has 0 atom stereocenters. The number of benzene rings is 2. The second-order valence-corrected chi connectivity index (χ2v) is 13.3. The summed E-state index contributed by atoms with van der Waals surface area (Å²) in [4.78, 5) is 17.0. The Morgan fingerprint density at radius 2 is 1.83 bits per heavy atom.